The van der Waals surface area contributed by atoms with E-state index in [0.717, 1.165) is 25.7 Å². The summed E-state index contributed by atoms with van der Waals surface area (Å²) in [7, 11) is 0. The molecule has 0 aliphatic heterocycles. The predicted octanol–water partition coefficient (Wildman–Crippen LogP) is 2.61. The lowest BCUT2D eigenvalue weighted by Gasteiger charge is -2.26. The minimum absolute atomic E-state index is 0.00535. The van der Waals surface area contributed by atoms with Crippen molar-refractivity contribution in [3.63, 3.8) is 0 Å². The van der Waals surface area contributed by atoms with Crippen LogP contribution in [0.4, 0.5) is 5.69 Å². The fourth-order valence-electron chi connectivity index (χ4n) is 4.47. The molecule has 2 atom stereocenters. The Kier molecular flexibility index (Phi) is 4.70. The number of nitrogens with two attached hydrogens (primary N) is 1. The van der Waals surface area contributed by atoms with Crippen molar-refractivity contribution >= 4 is 17.5 Å². The molecule has 2 aliphatic carbocycles. The molecule has 140 valence electrons. The van der Waals surface area contributed by atoms with Gasteiger partial charge in [-0.3, -0.25) is 9.59 Å². The maximum absolute atomic E-state index is 13.0. The summed E-state index contributed by atoms with van der Waals surface area (Å²) < 4.78 is 0. The van der Waals surface area contributed by atoms with E-state index in [0.29, 0.717) is 24.3 Å². The summed E-state index contributed by atoms with van der Waals surface area (Å²) in [6, 6.07) is 15.6. The first-order valence-corrected chi connectivity index (χ1v) is 9.62. The van der Waals surface area contributed by atoms with Crippen molar-refractivity contribution in [3.05, 3.63) is 65.2 Å². The van der Waals surface area contributed by atoms with Crippen molar-refractivity contribution in [2.75, 3.05) is 18.4 Å². The monoisotopic (exact) mass is 363 g/mol. The zero-order chi connectivity index (χ0) is 18.9. The third-order valence-corrected chi connectivity index (χ3v) is 5.87. The molecule has 0 heterocycles. The number of anilines is 1. The highest BCUT2D eigenvalue weighted by atomic mass is 16.2. The smallest absolute Gasteiger partial charge is 0.253 e. The number of amides is 2. The molecule has 2 aromatic rings. The van der Waals surface area contributed by atoms with Gasteiger partial charge in [0, 0.05) is 24.4 Å². The molecule has 1 saturated carbocycles. The Hall–Kier alpha value is -2.66. The number of fused-ring (bicyclic) bond motifs is 2. The molecule has 5 heteroatoms. The molecule has 4 N–H and O–H groups in total. The van der Waals surface area contributed by atoms with Gasteiger partial charge in [0.25, 0.3) is 5.91 Å². The van der Waals surface area contributed by atoms with Crippen molar-refractivity contribution in [3.8, 4) is 0 Å². The highest BCUT2D eigenvalue weighted by molar-refractivity contribution is 6.05. The Morgan fingerprint density at radius 1 is 1.11 bits per heavy atom. The van der Waals surface area contributed by atoms with Crippen LogP contribution in [0.3, 0.4) is 0 Å². The lowest BCUT2D eigenvalue weighted by molar-refractivity contribution is -0.117. The summed E-state index contributed by atoms with van der Waals surface area (Å²) in [5.74, 6) is -0.241. The Labute approximate surface area is 159 Å². The number of hydrogen-bond acceptors (Lipinski definition) is 3. The van der Waals surface area contributed by atoms with Crippen LogP contribution in [0.25, 0.3) is 0 Å². The zero-order valence-corrected chi connectivity index (χ0v) is 15.3. The van der Waals surface area contributed by atoms with Gasteiger partial charge in [0.2, 0.25) is 5.91 Å². The second-order valence-electron chi connectivity index (χ2n) is 7.50. The van der Waals surface area contributed by atoms with Crippen molar-refractivity contribution in [2.45, 2.75) is 31.1 Å². The number of aryl methyl sites for hydroxylation is 1. The Morgan fingerprint density at radius 3 is 2.74 bits per heavy atom. The van der Waals surface area contributed by atoms with E-state index in [1.165, 1.54) is 11.1 Å². The van der Waals surface area contributed by atoms with Crippen LogP contribution in [0.1, 0.15) is 40.7 Å². The van der Waals surface area contributed by atoms with E-state index in [9.17, 15) is 9.59 Å². The van der Waals surface area contributed by atoms with Gasteiger partial charge in [0.1, 0.15) is 0 Å². The van der Waals surface area contributed by atoms with Gasteiger partial charge in [-0.25, -0.2) is 0 Å². The van der Waals surface area contributed by atoms with E-state index in [2.05, 4.69) is 34.9 Å². The summed E-state index contributed by atoms with van der Waals surface area (Å²) in [6.45, 7) is 0.786. The number of nitrogens with one attached hydrogen (secondary N) is 2. The van der Waals surface area contributed by atoms with E-state index >= 15 is 0 Å². The topological polar surface area (TPSA) is 84.2 Å². The Balaban J connectivity index is 1.52. The van der Waals surface area contributed by atoms with Crippen molar-refractivity contribution < 1.29 is 9.59 Å². The average molecular weight is 363 g/mol. The van der Waals surface area contributed by atoms with Crippen LogP contribution in [0.2, 0.25) is 0 Å². The van der Waals surface area contributed by atoms with Crippen LogP contribution in [0, 0.1) is 5.92 Å². The molecule has 27 heavy (non-hydrogen) atoms. The van der Waals surface area contributed by atoms with Gasteiger partial charge in [-0.1, -0.05) is 36.4 Å². The normalized spacial score (nSPS) is 22.8. The number of hydrogen-bond donors (Lipinski definition) is 3. The quantitative estimate of drug-likeness (QED) is 0.763. The summed E-state index contributed by atoms with van der Waals surface area (Å²) in [6.07, 6.45) is 4.16. The number of benzene rings is 2. The molecule has 1 fully saturated rings. The number of rotatable bonds is 5. The van der Waals surface area contributed by atoms with Gasteiger partial charge in [-0.05, 0) is 48.9 Å². The van der Waals surface area contributed by atoms with Crippen LogP contribution < -0.4 is 16.4 Å². The largest absolute Gasteiger partial charge is 0.351 e. The van der Waals surface area contributed by atoms with Crippen LogP contribution in [-0.4, -0.2) is 24.9 Å². The molecule has 2 amide bonds. The number of carbonyl (C=O) groups excluding carboxylic acids is 2. The van der Waals surface area contributed by atoms with E-state index in [-0.39, 0.29) is 23.1 Å². The van der Waals surface area contributed by atoms with Crippen molar-refractivity contribution in [2.24, 2.45) is 11.7 Å². The highest BCUT2D eigenvalue weighted by Gasteiger charge is 2.60. The first-order valence-electron chi connectivity index (χ1n) is 9.62. The van der Waals surface area contributed by atoms with Gasteiger partial charge >= 0.3 is 0 Å². The van der Waals surface area contributed by atoms with Gasteiger partial charge in [-0.2, -0.15) is 0 Å². The molecule has 0 saturated heterocycles. The SMILES string of the molecule is NCCNC(=O)c1ccccc1NC(=O)C1CC12CCCc1ccccc12. The van der Waals surface area contributed by atoms with E-state index in [1.54, 1.807) is 18.2 Å². The first kappa shape index (κ1) is 17.7. The first-order chi connectivity index (χ1) is 13.2. The molecule has 0 aromatic heterocycles. The van der Waals surface area contributed by atoms with Crippen molar-refractivity contribution in [1.82, 2.24) is 5.32 Å². The molecule has 2 unspecified atom stereocenters. The van der Waals surface area contributed by atoms with Crippen LogP contribution in [-0.2, 0) is 16.6 Å². The number of para-hydroxylation sites is 1. The molecule has 2 aromatic carbocycles. The van der Waals surface area contributed by atoms with Gasteiger partial charge in [-0.15, -0.1) is 0 Å². The molecule has 1 spiro atoms. The average Bonchev–Trinajstić information content (AvgIpc) is 3.41. The van der Waals surface area contributed by atoms with Crippen molar-refractivity contribution in [1.29, 1.82) is 0 Å². The maximum atomic E-state index is 13.0. The van der Waals surface area contributed by atoms with Crippen LogP contribution >= 0.6 is 0 Å². The third kappa shape index (κ3) is 3.23. The summed E-state index contributed by atoms with van der Waals surface area (Å²) >= 11 is 0. The van der Waals surface area contributed by atoms with Gasteiger partial charge in [0.05, 0.1) is 11.3 Å². The minimum Gasteiger partial charge on any atom is -0.351 e. The molecule has 2 aliphatic rings. The fraction of sp³-hybridized carbons (Fsp3) is 0.364. The Morgan fingerprint density at radius 2 is 1.89 bits per heavy atom. The van der Waals surface area contributed by atoms with Gasteiger partial charge in [0.15, 0.2) is 0 Å². The Bertz CT molecular complexity index is 879. The standard InChI is InChI=1S/C22H25N3O2/c23-12-13-24-20(26)16-8-2-4-10-19(16)25-21(27)18-14-22(18)11-5-7-15-6-1-3-9-17(15)22/h1-4,6,8-10,18H,5,7,11-14,23H2,(H,24,26)(H,25,27). The minimum atomic E-state index is -0.218. The lowest BCUT2D eigenvalue weighted by atomic mass is 9.78. The highest BCUT2D eigenvalue weighted by Crippen LogP contribution is 2.60. The molecule has 0 bridgehead atoms. The predicted molar refractivity (Wildman–Crippen MR) is 106 cm³/mol. The van der Waals surface area contributed by atoms with Crippen LogP contribution in [0.15, 0.2) is 48.5 Å². The lowest BCUT2D eigenvalue weighted by Crippen LogP contribution is -2.30. The second-order valence-corrected chi connectivity index (χ2v) is 7.50. The zero-order valence-electron chi connectivity index (χ0n) is 15.3. The van der Waals surface area contributed by atoms with E-state index < -0.39 is 0 Å². The van der Waals surface area contributed by atoms with Gasteiger partial charge < -0.3 is 16.4 Å². The van der Waals surface area contributed by atoms with Crippen LogP contribution in [0.5, 0.6) is 0 Å². The molecule has 4 rings (SSSR count). The molecular weight excluding hydrogens is 338 g/mol. The number of carbonyl (C=O) groups is 2. The molecular formula is C22H25N3O2. The fourth-order valence-corrected chi connectivity index (χ4v) is 4.47. The molecule has 0 radical (unpaired) electrons. The summed E-state index contributed by atoms with van der Waals surface area (Å²) in [4.78, 5) is 25.3. The second kappa shape index (κ2) is 7.16. The maximum Gasteiger partial charge on any atom is 0.253 e. The van der Waals surface area contributed by atoms with E-state index in [4.69, 9.17) is 5.73 Å². The summed E-state index contributed by atoms with van der Waals surface area (Å²) in [5.41, 5.74) is 9.18. The third-order valence-electron chi connectivity index (χ3n) is 5.87. The summed E-state index contributed by atoms with van der Waals surface area (Å²) in [5, 5.41) is 5.76. The molecule has 5 nitrogen and oxygen atoms in total. The van der Waals surface area contributed by atoms with E-state index in [1.807, 2.05) is 6.07 Å².